The molecule has 1 aliphatic rings. The van der Waals surface area contributed by atoms with Gasteiger partial charge in [-0.15, -0.1) is 0 Å². The zero-order chi connectivity index (χ0) is 23.3. The van der Waals surface area contributed by atoms with Gasteiger partial charge in [0.2, 0.25) is 10.0 Å². The van der Waals surface area contributed by atoms with Gasteiger partial charge >= 0.3 is 0 Å². The van der Waals surface area contributed by atoms with E-state index in [0.29, 0.717) is 45.0 Å². The molecule has 2 heterocycles. The van der Waals surface area contributed by atoms with E-state index >= 15 is 0 Å². The van der Waals surface area contributed by atoms with E-state index in [1.165, 1.54) is 16.4 Å². The van der Waals surface area contributed by atoms with E-state index in [9.17, 15) is 13.2 Å². The van der Waals surface area contributed by atoms with E-state index in [1.54, 1.807) is 29.4 Å². The Bertz CT molecular complexity index is 1210. The Hall–Kier alpha value is -3.07. The summed E-state index contributed by atoms with van der Waals surface area (Å²) in [5.41, 5.74) is 3.36. The standard InChI is InChI=1S/C25H27N3O4S/c1-20-6-2-3-8-23(20)19-27(18-21-7-5-11-26-17-21)25(29)22-9-4-10-24(16-22)33(30,31)28-12-14-32-15-13-28/h2-11,16-17H,12-15,18-19H2,1H3. The van der Waals surface area contributed by atoms with E-state index in [-0.39, 0.29) is 10.8 Å². The highest BCUT2D eigenvalue weighted by atomic mass is 32.2. The zero-order valence-electron chi connectivity index (χ0n) is 18.6. The summed E-state index contributed by atoms with van der Waals surface area (Å²) in [5.74, 6) is -0.235. The van der Waals surface area contributed by atoms with Gasteiger partial charge in [0.25, 0.3) is 5.91 Å². The number of nitrogens with zero attached hydrogens (tertiary/aromatic N) is 3. The van der Waals surface area contributed by atoms with Gasteiger partial charge in [-0.25, -0.2) is 8.42 Å². The molecular formula is C25H27N3O4S. The second kappa shape index (κ2) is 10.2. The number of aromatic nitrogens is 1. The number of ether oxygens (including phenoxy) is 1. The van der Waals surface area contributed by atoms with Crippen molar-refractivity contribution in [1.29, 1.82) is 0 Å². The summed E-state index contributed by atoms with van der Waals surface area (Å²) in [6, 6.07) is 18.0. The molecule has 2 aromatic carbocycles. The van der Waals surface area contributed by atoms with Gasteiger partial charge < -0.3 is 9.64 Å². The summed E-state index contributed by atoms with van der Waals surface area (Å²) in [6.45, 7) is 4.13. The number of aryl methyl sites for hydroxylation is 1. The number of carbonyl (C=O) groups excluding carboxylic acids is 1. The molecular weight excluding hydrogens is 438 g/mol. The Kier molecular flexibility index (Phi) is 7.17. The van der Waals surface area contributed by atoms with Crippen LogP contribution in [-0.4, -0.2) is 54.8 Å². The Morgan fingerprint density at radius 3 is 2.55 bits per heavy atom. The number of hydrogen-bond donors (Lipinski definition) is 0. The molecule has 0 unspecified atom stereocenters. The molecule has 1 aromatic heterocycles. The molecule has 33 heavy (non-hydrogen) atoms. The molecule has 0 N–H and O–H groups in total. The highest BCUT2D eigenvalue weighted by Crippen LogP contribution is 2.21. The first-order chi connectivity index (χ1) is 15.9. The molecule has 0 atom stereocenters. The first kappa shape index (κ1) is 23.1. The van der Waals surface area contributed by atoms with Crippen molar-refractivity contribution in [3.63, 3.8) is 0 Å². The summed E-state index contributed by atoms with van der Waals surface area (Å²) in [7, 11) is -3.70. The van der Waals surface area contributed by atoms with Crippen LogP contribution in [0, 0.1) is 6.92 Å². The number of sulfonamides is 1. The predicted molar refractivity (Wildman–Crippen MR) is 125 cm³/mol. The van der Waals surface area contributed by atoms with Gasteiger partial charge in [-0.05, 0) is 47.9 Å². The SMILES string of the molecule is Cc1ccccc1CN(Cc1cccnc1)C(=O)c1cccc(S(=O)(=O)N2CCOCC2)c1. The van der Waals surface area contributed by atoms with Crippen molar-refractivity contribution in [2.24, 2.45) is 0 Å². The average molecular weight is 466 g/mol. The number of hydrogen-bond acceptors (Lipinski definition) is 5. The molecule has 3 aromatic rings. The third-order valence-electron chi connectivity index (χ3n) is 5.69. The van der Waals surface area contributed by atoms with Crippen LogP contribution in [0.3, 0.4) is 0 Å². The van der Waals surface area contributed by atoms with Crippen LogP contribution in [-0.2, 0) is 27.8 Å². The smallest absolute Gasteiger partial charge is 0.254 e. The minimum Gasteiger partial charge on any atom is -0.379 e. The van der Waals surface area contributed by atoms with Crippen LogP contribution in [0.4, 0.5) is 0 Å². The fraction of sp³-hybridized carbons (Fsp3) is 0.280. The quantitative estimate of drug-likeness (QED) is 0.535. The fourth-order valence-electron chi connectivity index (χ4n) is 3.81. The average Bonchev–Trinajstić information content (AvgIpc) is 2.86. The number of pyridine rings is 1. The van der Waals surface area contributed by atoms with Crippen LogP contribution in [0.15, 0.2) is 78.0 Å². The van der Waals surface area contributed by atoms with Gasteiger partial charge in [0.15, 0.2) is 0 Å². The van der Waals surface area contributed by atoms with Crippen molar-refractivity contribution in [2.45, 2.75) is 24.9 Å². The van der Waals surface area contributed by atoms with Gasteiger partial charge in [0.1, 0.15) is 0 Å². The monoisotopic (exact) mass is 465 g/mol. The molecule has 1 fully saturated rings. The molecule has 0 bridgehead atoms. The van der Waals surface area contributed by atoms with E-state index in [0.717, 1.165) is 16.7 Å². The van der Waals surface area contributed by atoms with E-state index in [4.69, 9.17) is 4.74 Å². The van der Waals surface area contributed by atoms with Crippen molar-refractivity contribution in [2.75, 3.05) is 26.3 Å². The van der Waals surface area contributed by atoms with Crippen molar-refractivity contribution in [3.8, 4) is 0 Å². The number of benzene rings is 2. The maximum Gasteiger partial charge on any atom is 0.254 e. The molecule has 8 heteroatoms. The summed E-state index contributed by atoms with van der Waals surface area (Å²) in [6.07, 6.45) is 3.43. The lowest BCUT2D eigenvalue weighted by atomic mass is 10.1. The highest BCUT2D eigenvalue weighted by molar-refractivity contribution is 7.89. The maximum atomic E-state index is 13.6. The van der Waals surface area contributed by atoms with Crippen molar-refractivity contribution < 1.29 is 17.9 Å². The molecule has 7 nitrogen and oxygen atoms in total. The minimum atomic E-state index is -3.70. The van der Waals surface area contributed by atoms with Crippen LogP contribution in [0.5, 0.6) is 0 Å². The zero-order valence-corrected chi connectivity index (χ0v) is 19.4. The molecule has 0 spiro atoms. The van der Waals surface area contributed by atoms with Crippen LogP contribution < -0.4 is 0 Å². The van der Waals surface area contributed by atoms with Gasteiger partial charge in [0, 0.05) is 44.1 Å². The minimum absolute atomic E-state index is 0.118. The van der Waals surface area contributed by atoms with E-state index in [1.807, 2.05) is 43.3 Å². The molecule has 1 amide bonds. The molecule has 0 aliphatic carbocycles. The molecule has 1 saturated heterocycles. The number of carbonyl (C=O) groups is 1. The van der Waals surface area contributed by atoms with Crippen LogP contribution in [0.1, 0.15) is 27.0 Å². The third-order valence-corrected chi connectivity index (χ3v) is 7.59. The second-order valence-electron chi connectivity index (χ2n) is 7.99. The van der Waals surface area contributed by atoms with Gasteiger partial charge in [-0.3, -0.25) is 9.78 Å². The summed E-state index contributed by atoms with van der Waals surface area (Å²) < 4.78 is 32.9. The Morgan fingerprint density at radius 2 is 1.82 bits per heavy atom. The predicted octanol–water partition coefficient (Wildman–Crippen LogP) is 3.25. The summed E-state index contributed by atoms with van der Waals surface area (Å²) in [5, 5.41) is 0. The largest absolute Gasteiger partial charge is 0.379 e. The first-order valence-electron chi connectivity index (χ1n) is 10.9. The lowest BCUT2D eigenvalue weighted by Gasteiger charge is -2.27. The third kappa shape index (κ3) is 5.47. The fourth-order valence-corrected chi connectivity index (χ4v) is 5.27. The Morgan fingerprint density at radius 1 is 1.03 bits per heavy atom. The van der Waals surface area contributed by atoms with Gasteiger partial charge in [-0.1, -0.05) is 36.4 Å². The number of amides is 1. The number of rotatable bonds is 7. The highest BCUT2D eigenvalue weighted by Gasteiger charge is 2.27. The van der Waals surface area contributed by atoms with Crippen molar-refractivity contribution >= 4 is 15.9 Å². The Balaban J connectivity index is 1.64. The van der Waals surface area contributed by atoms with Crippen LogP contribution in [0.25, 0.3) is 0 Å². The summed E-state index contributed by atoms with van der Waals surface area (Å²) >= 11 is 0. The second-order valence-corrected chi connectivity index (χ2v) is 9.93. The van der Waals surface area contributed by atoms with Crippen molar-refractivity contribution in [1.82, 2.24) is 14.2 Å². The van der Waals surface area contributed by atoms with Crippen LogP contribution >= 0.6 is 0 Å². The molecule has 172 valence electrons. The molecule has 4 rings (SSSR count). The summed E-state index contributed by atoms with van der Waals surface area (Å²) in [4.78, 5) is 19.6. The molecule has 0 saturated carbocycles. The topological polar surface area (TPSA) is 79.8 Å². The Labute approximate surface area is 194 Å². The molecule has 0 radical (unpaired) electrons. The normalized spacial score (nSPS) is 14.7. The van der Waals surface area contributed by atoms with Gasteiger partial charge in [-0.2, -0.15) is 4.31 Å². The maximum absolute atomic E-state index is 13.6. The van der Waals surface area contributed by atoms with Gasteiger partial charge in [0.05, 0.1) is 18.1 Å². The number of morpholine rings is 1. The lowest BCUT2D eigenvalue weighted by molar-refractivity contribution is 0.0725. The van der Waals surface area contributed by atoms with E-state index in [2.05, 4.69) is 4.98 Å². The first-order valence-corrected chi connectivity index (χ1v) is 12.3. The van der Waals surface area contributed by atoms with Crippen LogP contribution in [0.2, 0.25) is 0 Å². The van der Waals surface area contributed by atoms with Crippen molar-refractivity contribution in [3.05, 3.63) is 95.3 Å². The lowest BCUT2D eigenvalue weighted by Crippen LogP contribution is -2.40. The van der Waals surface area contributed by atoms with E-state index < -0.39 is 10.0 Å². The molecule has 1 aliphatic heterocycles.